The summed E-state index contributed by atoms with van der Waals surface area (Å²) in [6.07, 6.45) is 8.24. The summed E-state index contributed by atoms with van der Waals surface area (Å²) >= 11 is 0. The second-order valence-corrected chi connectivity index (χ2v) is 6.41. The van der Waals surface area contributed by atoms with Crippen molar-refractivity contribution < 1.29 is 4.74 Å². The van der Waals surface area contributed by atoms with Crippen molar-refractivity contribution in [2.75, 3.05) is 26.7 Å². The minimum atomic E-state index is 0.458. The summed E-state index contributed by atoms with van der Waals surface area (Å²) in [6.45, 7) is 5.27. The van der Waals surface area contributed by atoms with Crippen molar-refractivity contribution in [1.82, 2.24) is 4.90 Å². The third kappa shape index (κ3) is 3.69. The molecule has 0 aromatic heterocycles. The highest BCUT2D eigenvalue weighted by Gasteiger charge is 2.31. The van der Waals surface area contributed by atoms with Gasteiger partial charge in [0.05, 0.1) is 6.10 Å². The topological polar surface area (TPSA) is 38.5 Å². The van der Waals surface area contributed by atoms with Crippen LogP contribution in [0.3, 0.4) is 0 Å². The Morgan fingerprint density at radius 3 is 2.72 bits per heavy atom. The Balaban J connectivity index is 1.86. The van der Waals surface area contributed by atoms with Crippen LogP contribution in [0.5, 0.6) is 0 Å². The van der Waals surface area contributed by atoms with Gasteiger partial charge < -0.3 is 15.4 Å². The van der Waals surface area contributed by atoms with Crippen molar-refractivity contribution in [2.45, 2.75) is 57.6 Å². The number of nitrogens with zero attached hydrogens (tertiary/aromatic N) is 1. The predicted octanol–water partition coefficient (Wildman–Crippen LogP) is 2.25. The van der Waals surface area contributed by atoms with Crippen molar-refractivity contribution in [3.05, 3.63) is 0 Å². The monoisotopic (exact) mass is 254 g/mol. The van der Waals surface area contributed by atoms with Gasteiger partial charge >= 0.3 is 0 Å². The van der Waals surface area contributed by atoms with Crippen LogP contribution >= 0.6 is 0 Å². The van der Waals surface area contributed by atoms with Crippen LogP contribution < -0.4 is 5.73 Å². The van der Waals surface area contributed by atoms with Crippen molar-refractivity contribution in [1.29, 1.82) is 0 Å². The molecule has 1 saturated heterocycles. The van der Waals surface area contributed by atoms with Crippen LogP contribution in [0.4, 0.5) is 0 Å². The van der Waals surface area contributed by atoms with Gasteiger partial charge in [0.2, 0.25) is 0 Å². The van der Waals surface area contributed by atoms with E-state index in [0.717, 1.165) is 25.6 Å². The molecule has 2 aliphatic rings. The molecule has 0 radical (unpaired) electrons. The zero-order chi connectivity index (χ0) is 13.0. The smallest absolute Gasteiger partial charge is 0.0702 e. The number of hydrogen-bond acceptors (Lipinski definition) is 3. The molecule has 0 aromatic rings. The van der Waals surface area contributed by atoms with E-state index in [2.05, 4.69) is 18.9 Å². The molecular weight excluding hydrogens is 224 g/mol. The van der Waals surface area contributed by atoms with Gasteiger partial charge in [0.25, 0.3) is 0 Å². The molecule has 18 heavy (non-hydrogen) atoms. The van der Waals surface area contributed by atoms with E-state index in [9.17, 15) is 0 Å². The molecule has 1 saturated carbocycles. The zero-order valence-electron chi connectivity index (χ0n) is 12.1. The summed E-state index contributed by atoms with van der Waals surface area (Å²) in [4.78, 5) is 2.53. The van der Waals surface area contributed by atoms with Gasteiger partial charge in [0.1, 0.15) is 0 Å². The van der Waals surface area contributed by atoms with Crippen LogP contribution in [-0.4, -0.2) is 43.8 Å². The quantitative estimate of drug-likeness (QED) is 0.836. The molecule has 1 aliphatic carbocycles. The molecule has 1 aliphatic heterocycles. The third-order valence-electron chi connectivity index (χ3n) is 4.85. The Morgan fingerprint density at radius 2 is 2.06 bits per heavy atom. The fourth-order valence-corrected chi connectivity index (χ4v) is 3.64. The summed E-state index contributed by atoms with van der Waals surface area (Å²) in [5.41, 5.74) is 5.95. The first-order chi connectivity index (χ1) is 8.70. The van der Waals surface area contributed by atoms with Crippen LogP contribution in [-0.2, 0) is 4.74 Å². The highest BCUT2D eigenvalue weighted by molar-refractivity contribution is 4.86. The number of likely N-dealkylation sites (N-methyl/N-ethyl adjacent to an activating group) is 1. The highest BCUT2D eigenvalue weighted by atomic mass is 16.5. The van der Waals surface area contributed by atoms with Crippen LogP contribution in [0, 0.1) is 11.8 Å². The second kappa shape index (κ2) is 6.88. The van der Waals surface area contributed by atoms with E-state index in [1.165, 1.54) is 38.5 Å². The SMILES string of the molecule is CC1CCC(CN)C(N(C)CC2CCCCO2)C1. The molecule has 0 amide bonds. The fourth-order valence-electron chi connectivity index (χ4n) is 3.64. The maximum absolute atomic E-state index is 5.95. The molecule has 0 aromatic carbocycles. The molecule has 2 fully saturated rings. The average Bonchev–Trinajstić information content (AvgIpc) is 2.40. The Kier molecular flexibility index (Phi) is 5.46. The van der Waals surface area contributed by atoms with Crippen molar-refractivity contribution >= 4 is 0 Å². The van der Waals surface area contributed by atoms with Gasteiger partial charge in [-0.2, -0.15) is 0 Å². The van der Waals surface area contributed by atoms with E-state index < -0.39 is 0 Å². The number of hydrogen-bond donors (Lipinski definition) is 1. The normalized spacial score (nSPS) is 38.0. The summed E-state index contributed by atoms with van der Waals surface area (Å²) in [5, 5.41) is 0. The van der Waals surface area contributed by atoms with E-state index in [0.29, 0.717) is 18.1 Å². The van der Waals surface area contributed by atoms with E-state index in [-0.39, 0.29) is 0 Å². The maximum atomic E-state index is 5.95. The van der Waals surface area contributed by atoms with Gasteiger partial charge in [-0.25, -0.2) is 0 Å². The number of ether oxygens (including phenoxy) is 1. The summed E-state index contributed by atoms with van der Waals surface area (Å²) in [7, 11) is 2.27. The first kappa shape index (κ1) is 14.3. The minimum absolute atomic E-state index is 0.458. The maximum Gasteiger partial charge on any atom is 0.0702 e. The average molecular weight is 254 g/mol. The van der Waals surface area contributed by atoms with Gasteiger partial charge in [-0.15, -0.1) is 0 Å². The molecule has 0 spiro atoms. The third-order valence-corrected chi connectivity index (χ3v) is 4.85. The Labute approximate surface area is 112 Å². The van der Waals surface area contributed by atoms with Crippen LogP contribution in [0.15, 0.2) is 0 Å². The fraction of sp³-hybridized carbons (Fsp3) is 1.00. The predicted molar refractivity (Wildman–Crippen MR) is 75.6 cm³/mol. The largest absolute Gasteiger partial charge is 0.377 e. The summed E-state index contributed by atoms with van der Waals surface area (Å²) in [6, 6.07) is 0.671. The van der Waals surface area contributed by atoms with Crippen LogP contribution in [0.25, 0.3) is 0 Å². The molecule has 2 N–H and O–H groups in total. The first-order valence-corrected chi connectivity index (χ1v) is 7.72. The number of rotatable bonds is 4. The second-order valence-electron chi connectivity index (χ2n) is 6.41. The van der Waals surface area contributed by atoms with Gasteiger partial charge in [-0.1, -0.05) is 13.3 Å². The number of nitrogens with two attached hydrogens (primary N) is 1. The highest BCUT2D eigenvalue weighted by Crippen LogP contribution is 2.31. The van der Waals surface area contributed by atoms with Crippen molar-refractivity contribution in [3.63, 3.8) is 0 Å². The zero-order valence-corrected chi connectivity index (χ0v) is 12.1. The summed E-state index contributed by atoms with van der Waals surface area (Å²) in [5.74, 6) is 1.54. The minimum Gasteiger partial charge on any atom is -0.377 e. The molecule has 3 heteroatoms. The van der Waals surface area contributed by atoms with E-state index in [1.807, 2.05) is 0 Å². The Hall–Kier alpha value is -0.120. The molecular formula is C15H30N2O. The molecule has 1 heterocycles. The van der Waals surface area contributed by atoms with Crippen LogP contribution in [0.2, 0.25) is 0 Å². The molecule has 2 rings (SSSR count). The Morgan fingerprint density at radius 1 is 1.22 bits per heavy atom. The van der Waals surface area contributed by atoms with Gasteiger partial charge in [-0.05, 0) is 57.5 Å². The molecule has 4 unspecified atom stereocenters. The van der Waals surface area contributed by atoms with E-state index in [4.69, 9.17) is 10.5 Å². The standard InChI is InChI=1S/C15H30N2O/c1-12-6-7-13(10-16)15(9-12)17(2)11-14-5-3-4-8-18-14/h12-15H,3-11,16H2,1-2H3. The lowest BCUT2D eigenvalue weighted by Crippen LogP contribution is -2.47. The molecule has 106 valence electrons. The Bertz CT molecular complexity index is 241. The first-order valence-electron chi connectivity index (χ1n) is 7.72. The van der Waals surface area contributed by atoms with E-state index >= 15 is 0 Å². The van der Waals surface area contributed by atoms with Crippen LogP contribution in [0.1, 0.15) is 45.4 Å². The van der Waals surface area contributed by atoms with E-state index in [1.54, 1.807) is 0 Å². The lowest BCUT2D eigenvalue weighted by molar-refractivity contribution is -0.0190. The van der Waals surface area contributed by atoms with Gasteiger partial charge in [-0.3, -0.25) is 0 Å². The molecule has 4 atom stereocenters. The van der Waals surface area contributed by atoms with Crippen molar-refractivity contribution in [2.24, 2.45) is 17.6 Å². The van der Waals surface area contributed by atoms with Gasteiger partial charge in [0, 0.05) is 19.2 Å². The molecule has 0 bridgehead atoms. The lowest BCUT2D eigenvalue weighted by atomic mass is 9.78. The summed E-state index contributed by atoms with van der Waals surface area (Å²) < 4.78 is 5.86. The van der Waals surface area contributed by atoms with Gasteiger partial charge in [0.15, 0.2) is 0 Å². The molecule has 3 nitrogen and oxygen atoms in total. The van der Waals surface area contributed by atoms with Crippen molar-refractivity contribution in [3.8, 4) is 0 Å². The lowest BCUT2D eigenvalue weighted by Gasteiger charge is -2.41.